The van der Waals surface area contributed by atoms with Gasteiger partial charge >= 0.3 is 7.12 Å². The van der Waals surface area contributed by atoms with E-state index in [2.05, 4.69) is 10.2 Å². The maximum Gasteiger partial charge on any atom is 0.516 e. The number of rotatable bonds is 1. The molecular formula is C10H14BFN2O2. The van der Waals surface area contributed by atoms with E-state index in [4.69, 9.17) is 9.31 Å². The van der Waals surface area contributed by atoms with Crippen molar-refractivity contribution in [2.45, 2.75) is 38.9 Å². The second-order valence-electron chi connectivity index (χ2n) is 4.87. The fourth-order valence-corrected chi connectivity index (χ4v) is 1.42. The maximum atomic E-state index is 12.6. The zero-order chi connectivity index (χ0) is 12.0. The molecule has 1 aliphatic heterocycles. The smallest absolute Gasteiger partial charge is 0.398 e. The quantitative estimate of drug-likeness (QED) is 0.665. The van der Waals surface area contributed by atoms with Crippen LogP contribution in [0.25, 0.3) is 0 Å². The van der Waals surface area contributed by atoms with E-state index in [-0.39, 0.29) is 0 Å². The van der Waals surface area contributed by atoms with Crippen LogP contribution >= 0.6 is 0 Å². The predicted molar refractivity (Wildman–Crippen MR) is 57.7 cm³/mol. The average molecular weight is 224 g/mol. The predicted octanol–water partition coefficient (Wildman–Crippen LogP) is 0.915. The minimum Gasteiger partial charge on any atom is -0.398 e. The Kier molecular flexibility index (Phi) is 2.51. The second kappa shape index (κ2) is 3.50. The molecule has 1 saturated heterocycles. The first-order valence-corrected chi connectivity index (χ1v) is 5.17. The van der Waals surface area contributed by atoms with Crippen molar-refractivity contribution in [3.63, 3.8) is 0 Å². The fraction of sp³-hybridized carbons (Fsp3) is 0.600. The van der Waals surface area contributed by atoms with E-state index >= 15 is 0 Å². The number of hydrogen-bond donors (Lipinski definition) is 0. The Morgan fingerprint density at radius 1 is 1.06 bits per heavy atom. The molecule has 2 rings (SSSR count). The topological polar surface area (TPSA) is 44.2 Å². The molecule has 0 radical (unpaired) electrons. The van der Waals surface area contributed by atoms with Crippen molar-refractivity contribution >= 4 is 12.7 Å². The van der Waals surface area contributed by atoms with E-state index in [1.54, 1.807) is 0 Å². The van der Waals surface area contributed by atoms with Gasteiger partial charge in [-0.15, -0.1) is 5.10 Å². The molecule has 0 saturated carbocycles. The summed E-state index contributed by atoms with van der Waals surface area (Å²) >= 11 is 0. The molecule has 0 unspecified atom stereocenters. The van der Waals surface area contributed by atoms with Crippen LogP contribution in [0, 0.1) is 5.95 Å². The largest absolute Gasteiger partial charge is 0.516 e. The third kappa shape index (κ3) is 1.83. The lowest BCUT2D eigenvalue weighted by atomic mass is 9.85. The Bertz CT molecular complexity index is 378. The molecule has 1 fully saturated rings. The standard InChI is InChI=1S/C10H14BFN2O2/c1-9(2)10(3,4)16-11(15-9)7-5-6-8(12)14-13-7/h5-6H,1-4H3. The van der Waals surface area contributed by atoms with Gasteiger partial charge in [-0.25, -0.2) is 0 Å². The summed E-state index contributed by atoms with van der Waals surface area (Å²) in [5.41, 5.74) is -0.360. The summed E-state index contributed by atoms with van der Waals surface area (Å²) in [7, 11) is -0.585. The van der Waals surface area contributed by atoms with Crippen LogP contribution in [0.15, 0.2) is 12.1 Å². The Balaban J connectivity index is 2.23. The van der Waals surface area contributed by atoms with Crippen LogP contribution in [0.2, 0.25) is 0 Å². The summed E-state index contributed by atoms with van der Waals surface area (Å²) in [6, 6.07) is 2.76. The van der Waals surface area contributed by atoms with Crippen LogP contribution in [-0.4, -0.2) is 28.5 Å². The van der Waals surface area contributed by atoms with Crippen molar-refractivity contribution in [2.75, 3.05) is 0 Å². The third-order valence-electron chi connectivity index (χ3n) is 3.15. The molecule has 1 aromatic heterocycles. The molecule has 0 aromatic carbocycles. The summed E-state index contributed by atoms with van der Waals surface area (Å²) in [4.78, 5) is 0. The molecule has 0 atom stereocenters. The number of halogens is 1. The SMILES string of the molecule is CC1(C)OB(c2ccc(F)nn2)OC1(C)C. The van der Waals surface area contributed by atoms with Crippen LogP contribution in [0.1, 0.15) is 27.7 Å². The van der Waals surface area contributed by atoms with Crippen LogP contribution in [0.5, 0.6) is 0 Å². The van der Waals surface area contributed by atoms with Crippen molar-refractivity contribution in [3.8, 4) is 0 Å². The number of hydrogen-bond acceptors (Lipinski definition) is 4. The van der Waals surface area contributed by atoms with Gasteiger partial charge in [0.2, 0.25) is 5.95 Å². The Morgan fingerprint density at radius 3 is 2.06 bits per heavy atom. The van der Waals surface area contributed by atoms with Gasteiger partial charge in [-0.3, -0.25) is 0 Å². The molecule has 1 aliphatic rings. The molecule has 86 valence electrons. The number of aromatic nitrogens is 2. The molecule has 0 amide bonds. The summed E-state index contributed by atoms with van der Waals surface area (Å²) in [6.45, 7) is 7.79. The lowest BCUT2D eigenvalue weighted by Gasteiger charge is -2.32. The summed E-state index contributed by atoms with van der Waals surface area (Å²) in [5.74, 6) is -0.611. The van der Waals surface area contributed by atoms with E-state index in [1.807, 2.05) is 27.7 Å². The molecule has 4 nitrogen and oxygen atoms in total. The first-order valence-electron chi connectivity index (χ1n) is 5.17. The fourth-order valence-electron chi connectivity index (χ4n) is 1.42. The van der Waals surface area contributed by atoms with E-state index in [0.717, 1.165) is 0 Å². The zero-order valence-corrected chi connectivity index (χ0v) is 9.82. The van der Waals surface area contributed by atoms with Crippen molar-refractivity contribution in [1.29, 1.82) is 0 Å². The molecule has 16 heavy (non-hydrogen) atoms. The van der Waals surface area contributed by atoms with Gasteiger partial charge in [-0.05, 0) is 39.8 Å². The molecule has 6 heteroatoms. The highest BCUT2D eigenvalue weighted by Gasteiger charge is 2.52. The van der Waals surface area contributed by atoms with E-state index < -0.39 is 24.3 Å². The summed E-state index contributed by atoms with van der Waals surface area (Å²) in [5, 5.41) is 7.06. The van der Waals surface area contributed by atoms with Gasteiger partial charge in [0, 0.05) is 0 Å². The molecule has 2 heterocycles. The van der Waals surface area contributed by atoms with Crippen molar-refractivity contribution in [1.82, 2.24) is 10.2 Å². The van der Waals surface area contributed by atoms with Gasteiger partial charge in [-0.1, -0.05) is 0 Å². The van der Waals surface area contributed by atoms with Crippen molar-refractivity contribution in [2.24, 2.45) is 0 Å². The average Bonchev–Trinajstić information content (AvgIpc) is 2.37. The first-order chi connectivity index (χ1) is 7.32. The van der Waals surface area contributed by atoms with E-state index in [9.17, 15) is 4.39 Å². The highest BCUT2D eigenvalue weighted by atomic mass is 19.1. The first kappa shape index (κ1) is 11.5. The Morgan fingerprint density at radius 2 is 1.62 bits per heavy atom. The highest BCUT2D eigenvalue weighted by Crippen LogP contribution is 2.36. The minimum absolute atomic E-state index is 0.423. The Labute approximate surface area is 94.3 Å². The van der Waals surface area contributed by atoms with Crippen molar-refractivity contribution < 1.29 is 13.7 Å². The maximum absolute atomic E-state index is 12.6. The lowest BCUT2D eigenvalue weighted by molar-refractivity contribution is 0.00578. The van der Waals surface area contributed by atoms with E-state index in [0.29, 0.717) is 5.59 Å². The van der Waals surface area contributed by atoms with Gasteiger partial charge < -0.3 is 9.31 Å². The summed E-state index contributed by atoms with van der Waals surface area (Å²) < 4.78 is 24.1. The zero-order valence-electron chi connectivity index (χ0n) is 9.82. The van der Waals surface area contributed by atoms with Crippen LogP contribution in [-0.2, 0) is 9.31 Å². The normalized spacial score (nSPS) is 22.4. The van der Waals surface area contributed by atoms with Gasteiger partial charge in [0.15, 0.2) is 0 Å². The minimum atomic E-state index is -0.611. The van der Waals surface area contributed by atoms with Crippen LogP contribution in [0.4, 0.5) is 4.39 Å². The van der Waals surface area contributed by atoms with Gasteiger partial charge in [0.1, 0.15) is 0 Å². The molecule has 0 spiro atoms. The van der Waals surface area contributed by atoms with Gasteiger partial charge in [-0.2, -0.15) is 9.49 Å². The molecule has 0 aliphatic carbocycles. The third-order valence-corrected chi connectivity index (χ3v) is 3.15. The van der Waals surface area contributed by atoms with Crippen LogP contribution in [0.3, 0.4) is 0 Å². The molecule has 0 N–H and O–H groups in total. The van der Waals surface area contributed by atoms with Gasteiger partial charge in [0.25, 0.3) is 0 Å². The number of nitrogens with zero attached hydrogens (tertiary/aromatic N) is 2. The monoisotopic (exact) mass is 224 g/mol. The molecule has 1 aromatic rings. The Hall–Kier alpha value is -1.01. The van der Waals surface area contributed by atoms with Crippen LogP contribution < -0.4 is 5.59 Å². The van der Waals surface area contributed by atoms with Crippen molar-refractivity contribution in [3.05, 3.63) is 18.1 Å². The highest BCUT2D eigenvalue weighted by molar-refractivity contribution is 6.61. The van der Waals surface area contributed by atoms with E-state index in [1.165, 1.54) is 12.1 Å². The lowest BCUT2D eigenvalue weighted by Crippen LogP contribution is -2.41. The molecular weight excluding hydrogens is 210 g/mol. The summed E-state index contributed by atoms with van der Waals surface area (Å²) in [6.07, 6.45) is 0. The molecule has 0 bridgehead atoms. The van der Waals surface area contributed by atoms with Gasteiger partial charge in [0.05, 0.1) is 16.8 Å². The second-order valence-corrected chi connectivity index (χ2v) is 4.87.